The maximum absolute atomic E-state index is 4.10. The van der Waals surface area contributed by atoms with Gasteiger partial charge in [-0.2, -0.15) is 5.10 Å². The molecule has 0 fully saturated rings. The van der Waals surface area contributed by atoms with Gasteiger partial charge in [-0.25, -0.2) is 9.67 Å². The summed E-state index contributed by atoms with van der Waals surface area (Å²) in [7, 11) is 1.87. The molecule has 0 aliphatic carbocycles. The minimum absolute atomic E-state index is 0.855. The largest absolute Gasteiger partial charge is 0.249 e. The number of nitrogens with zero attached hydrogens (tertiary/aromatic N) is 3. The fourth-order valence-corrected chi connectivity index (χ4v) is 1.19. The minimum atomic E-state index is 0.855. The van der Waals surface area contributed by atoms with Gasteiger partial charge < -0.3 is 0 Å². The Kier molecular flexibility index (Phi) is 2.40. The van der Waals surface area contributed by atoms with E-state index in [1.165, 1.54) is 0 Å². The van der Waals surface area contributed by atoms with Crippen LogP contribution in [0.3, 0.4) is 0 Å². The molecule has 3 heteroatoms. The second kappa shape index (κ2) is 3.87. The van der Waals surface area contributed by atoms with Crippen LogP contribution in [-0.2, 0) is 7.05 Å². The Hall–Kier alpha value is -1.90. The summed E-state index contributed by atoms with van der Waals surface area (Å²) >= 11 is 0. The fourth-order valence-electron chi connectivity index (χ4n) is 1.19. The summed E-state index contributed by atoms with van der Waals surface area (Å²) in [6.45, 7) is 0. The van der Waals surface area contributed by atoms with E-state index in [1.807, 2.05) is 49.5 Å². The molecule has 2 rings (SSSR count). The summed E-state index contributed by atoms with van der Waals surface area (Å²) in [5, 5.41) is 3.98. The molecule has 14 heavy (non-hydrogen) atoms. The van der Waals surface area contributed by atoms with Crippen LogP contribution in [0.15, 0.2) is 36.7 Å². The van der Waals surface area contributed by atoms with Crippen LogP contribution < -0.4 is 0 Å². The molecule has 0 N–H and O–H groups in total. The molecule has 0 aliphatic heterocycles. The first-order valence-corrected chi connectivity index (χ1v) is 4.43. The van der Waals surface area contributed by atoms with Crippen molar-refractivity contribution in [3.8, 4) is 0 Å². The molecule has 0 aliphatic rings. The monoisotopic (exact) mass is 185 g/mol. The van der Waals surface area contributed by atoms with Crippen molar-refractivity contribution in [1.29, 1.82) is 0 Å². The molecule has 0 atom stereocenters. The molecule has 0 radical (unpaired) electrons. The Bertz CT molecular complexity index is 429. The third-order valence-corrected chi connectivity index (χ3v) is 1.97. The summed E-state index contributed by atoms with van der Waals surface area (Å²) in [6.07, 6.45) is 5.51. The molecule has 0 unspecified atom stereocenters. The second-order valence-corrected chi connectivity index (χ2v) is 2.99. The van der Waals surface area contributed by atoms with Crippen LogP contribution in [0, 0.1) is 0 Å². The van der Waals surface area contributed by atoms with Crippen molar-refractivity contribution in [2.75, 3.05) is 0 Å². The third kappa shape index (κ3) is 1.88. The van der Waals surface area contributed by atoms with E-state index in [2.05, 4.69) is 10.1 Å². The summed E-state index contributed by atoms with van der Waals surface area (Å²) in [4.78, 5) is 4.10. The van der Waals surface area contributed by atoms with Crippen molar-refractivity contribution in [2.45, 2.75) is 0 Å². The molecule has 1 aromatic carbocycles. The van der Waals surface area contributed by atoms with E-state index >= 15 is 0 Å². The van der Waals surface area contributed by atoms with Gasteiger partial charge in [0, 0.05) is 7.05 Å². The minimum Gasteiger partial charge on any atom is -0.249 e. The molecule has 3 nitrogen and oxygen atoms in total. The van der Waals surface area contributed by atoms with Crippen molar-refractivity contribution in [3.05, 3.63) is 48.0 Å². The van der Waals surface area contributed by atoms with E-state index in [1.54, 1.807) is 11.0 Å². The molecule has 70 valence electrons. The number of benzene rings is 1. The molecule has 0 saturated heterocycles. The van der Waals surface area contributed by atoms with Crippen LogP contribution in [0.2, 0.25) is 0 Å². The van der Waals surface area contributed by atoms with Gasteiger partial charge in [-0.05, 0) is 11.6 Å². The van der Waals surface area contributed by atoms with Gasteiger partial charge in [0.1, 0.15) is 12.2 Å². The molecule has 1 aromatic heterocycles. The van der Waals surface area contributed by atoms with Gasteiger partial charge >= 0.3 is 0 Å². The number of aromatic nitrogens is 3. The summed E-state index contributed by atoms with van der Waals surface area (Å²) < 4.78 is 1.74. The summed E-state index contributed by atoms with van der Waals surface area (Å²) in [5.41, 5.74) is 1.16. The predicted molar refractivity (Wildman–Crippen MR) is 56.4 cm³/mol. The third-order valence-electron chi connectivity index (χ3n) is 1.97. The highest BCUT2D eigenvalue weighted by molar-refractivity contribution is 5.66. The topological polar surface area (TPSA) is 30.7 Å². The maximum atomic E-state index is 4.10. The van der Waals surface area contributed by atoms with Gasteiger partial charge in [-0.1, -0.05) is 36.4 Å². The van der Waals surface area contributed by atoms with E-state index < -0.39 is 0 Å². The predicted octanol–water partition coefficient (Wildman–Crippen LogP) is 1.99. The average molecular weight is 185 g/mol. The van der Waals surface area contributed by atoms with Crippen LogP contribution in [0.25, 0.3) is 12.2 Å². The lowest BCUT2D eigenvalue weighted by molar-refractivity contribution is 0.757. The van der Waals surface area contributed by atoms with Crippen molar-refractivity contribution in [1.82, 2.24) is 14.8 Å². The maximum Gasteiger partial charge on any atom is 0.150 e. The van der Waals surface area contributed by atoms with Crippen molar-refractivity contribution >= 4 is 12.2 Å². The number of hydrogen-bond donors (Lipinski definition) is 0. The smallest absolute Gasteiger partial charge is 0.150 e. The average Bonchev–Trinajstić information content (AvgIpc) is 2.63. The highest BCUT2D eigenvalue weighted by atomic mass is 15.3. The summed E-state index contributed by atoms with van der Waals surface area (Å²) in [5.74, 6) is 0.855. The van der Waals surface area contributed by atoms with Crippen molar-refractivity contribution in [3.63, 3.8) is 0 Å². The highest BCUT2D eigenvalue weighted by Crippen LogP contribution is 2.04. The molecule has 0 bridgehead atoms. The Morgan fingerprint density at radius 1 is 1.14 bits per heavy atom. The Morgan fingerprint density at radius 3 is 2.57 bits per heavy atom. The fraction of sp³-hybridized carbons (Fsp3) is 0.0909. The standard InChI is InChI=1S/C11H11N3/c1-14-11(12-9-13-14)8-7-10-5-3-2-4-6-10/h2-9H,1H3/b8-7+. The zero-order valence-corrected chi connectivity index (χ0v) is 7.96. The Labute approximate surface area is 82.7 Å². The number of rotatable bonds is 2. The van der Waals surface area contributed by atoms with Gasteiger partial charge in [0.15, 0.2) is 0 Å². The first kappa shape index (κ1) is 8.69. The van der Waals surface area contributed by atoms with Crippen LogP contribution in [0.5, 0.6) is 0 Å². The van der Waals surface area contributed by atoms with Crippen LogP contribution in [0.1, 0.15) is 11.4 Å². The quantitative estimate of drug-likeness (QED) is 0.716. The van der Waals surface area contributed by atoms with Gasteiger partial charge in [0.2, 0.25) is 0 Å². The van der Waals surface area contributed by atoms with Gasteiger partial charge in [0.25, 0.3) is 0 Å². The molecule has 2 aromatic rings. The lowest BCUT2D eigenvalue weighted by Crippen LogP contribution is -1.92. The van der Waals surface area contributed by atoms with E-state index in [4.69, 9.17) is 0 Å². The molecule has 0 amide bonds. The number of aryl methyl sites for hydroxylation is 1. The molecule has 1 heterocycles. The van der Waals surface area contributed by atoms with Crippen LogP contribution in [0.4, 0.5) is 0 Å². The molecular formula is C11H11N3. The van der Waals surface area contributed by atoms with Crippen LogP contribution in [-0.4, -0.2) is 14.8 Å². The lowest BCUT2D eigenvalue weighted by atomic mass is 10.2. The van der Waals surface area contributed by atoms with E-state index in [0.717, 1.165) is 11.4 Å². The molecular weight excluding hydrogens is 174 g/mol. The van der Waals surface area contributed by atoms with E-state index in [9.17, 15) is 0 Å². The second-order valence-electron chi connectivity index (χ2n) is 2.99. The van der Waals surface area contributed by atoms with Crippen LogP contribution >= 0.6 is 0 Å². The molecule has 0 saturated carbocycles. The first-order valence-electron chi connectivity index (χ1n) is 4.43. The normalized spacial score (nSPS) is 10.9. The van der Waals surface area contributed by atoms with Crippen molar-refractivity contribution in [2.24, 2.45) is 7.05 Å². The lowest BCUT2D eigenvalue weighted by Gasteiger charge is -1.92. The number of hydrogen-bond acceptors (Lipinski definition) is 2. The Morgan fingerprint density at radius 2 is 1.93 bits per heavy atom. The van der Waals surface area contributed by atoms with Crippen molar-refractivity contribution < 1.29 is 0 Å². The SMILES string of the molecule is Cn1ncnc1/C=C/c1ccccc1. The first-order chi connectivity index (χ1) is 6.86. The summed E-state index contributed by atoms with van der Waals surface area (Å²) in [6, 6.07) is 10.1. The zero-order chi connectivity index (χ0) is 9.80. The van der Waals surface area contributed by atoms with Gasteiger partial charge in [-0.15, -0.1) is 0 Å². The van der Waals surface area contributed by atoms with E-state index in [-0.39, 0.29) is 0 Å². The van der Waals surface area contributed by atoms with E-state index in [0.29, 0.717) is 0 Å². The Balaban J connectivity index is 2.20. The van der Waals surface area contributed by atoms with Gasteiger partial charge in [0.05, 0.1) is 0 Å². The van der Waals surface area contributed by atoms with Gasteiger partial charge in [-0.3, -0.25) is 0 Å². The molecule has 0 spiro atoms. The zero-order valence-electron chi connectivity index (χ0n) is 7.96. The highest BCUT2D eigenvalue weighted by Gasteiger charge is 1.92.